The van der Waals surface area contributed by atoms with Crippen LogP contribution in [0.4, 0.5) is 13.2 Å². The lowest BCUT2D eigenvalue weighted by molar-refractivity contribution is -0.137. The number of aromatic nitrogens is 4. The van der Waals surface area contributed by atoms with Crippen LogP contribution in [0.5, 0.6) is 5.75 Å². The smallest absolute Gasteiger partial charge is 0.416 e. The minimum absolute atomic E-state index is 0.0183. The van der Waals surface area contributed by atoms with Crippen molar-refractivity contribution in [3.63, 3.8) is 0 Å². The molecule has 0 aliphatic heterocycles. The second kappa shape index (κ2) is 9.41. The van der Waals surface area contributed by atoms with E-state index in [1.165, 1.54) is 26.2 Å². The summed E-state index contributed by atoms with van der Waals surface area (Å²) in [5.41, 5.74) is -1.47. The SMILES string of the molecule is COc1ccccc1-c1noc(COC(=O)c2nn(-c3cccc(C(F)(F)F)c3)c(C)cc2=O)n1. The van der Waals surface area contributed by atoms with Gasteiger partial charge in [0.1, 0.15) is 5.75 Å². The van der Waals surface area contributed by atoms with Gasteiger partial charge in [-0.15, -0.1) is 0 Å². The number of aryl methyl sites for hydroxylation is 1. The zero-order valence-electron chi connectivity index (χ0n) is 18.4. The van der Waals surface area contributed by atoms with E-state index in [4.69, 9.17) is 14.0 Å². The minimum atomic E-state index is -4.57. The van der Waals surface area contributed by atoms with E-state index in [1.807, 2.05) is 0 Å². The highest BCUT2D eigenvalue weighted by Crippen LogP contribution is 2.30. The maximum Gasteiger partial charge on any atom is 0.416 e. The second-order valence-corrected chi connectivity index (χ2v) is 7.25. The van der Waals surface area contributed by atoms with Crippen molar-refractivity contribution < 1.29 is 32.0 Å². The number of benzene rings is 2. The van der Waals surface area contributed by atoms with Crippen LogP contribution in [-0.2, 0) is 17.5 Å². The predicted octanol–water partition coefficient (Wildman–Crippen LogP) is 3.98. The first kappa shape index (κ1) is 23.7. The van der Waals surface area contributed by atoms with E-state index in [-0.39, 0.29) is 23.1 Å². The summed E-state index contributed by atoms with van der Waals surface area (Å²) in [5, 5.41) is 7.76. The second-order valence-electron chi connectivity index (χ2n) is 7.25. The van der Waals surface area contributed by atoms with Crippen molar-refractivity contribution in [2.24, 2.45) is 0 Å². The first-order chi connectivity index (χ1) is 16.7. The maximum absolute atomic E-state index is 13.1. The van der Waals surface area contributed by atoms with Crippen LogP contribution in [0.3, 0.4) is 0 Å². The van der Waals surface area contributed by atoms with Crippen molar-refractivity contribution >= 4 is 5.97 Å². The molecule has 0 atom stereocenters. The number of carbonyl (C=O) groups excluding carboxylic acids is 1. The number of hydrogen-bond donors (Lipinski definition) is 0. The molecule has 0 unspecified atom stereocenters. The van der Waals surface area contributed by atoms with E-state index in [0.29, 0.717) is 11.3 Å². The van der Waals surface area contributed by atoms with Crippen molar-refractivity contribution in [1.29, 1.82) is 0 Å². The Morgan fingerprint density at radius 1 is 1.11 bits per heavy atom. The van der Waals surface area contributed by atoms with Gasteiger partial charge in [0, 0.05) is 11.8 Å². The topological polar surface area (TPSA) is 109 Å². The third-order valence-electron chi connectivity index (χ3n) is 4.86. The highest BCUT2D eigenvalue weighted by molar-refractivity contribution is 5.86. The van der Waals surface area contributed by atoms with Crippen LogP contribution in [0.2, 0.25) is 0 Å². The van der Waals surface area contributed by atoms with E-state index in [2.05, 4.69) is 15.2 Å². The van der Waals surface area contributed by atoms with Crippen LogP contribution >= 0.6 is 0 Å². The van der Waals surface area contributed by atoms with Crippen LogP contribution in [0.25, 0.3) is 17.1 Å². The molecule has 2 heterocycles. The summed E-state index contributed by atoms with van der Waals surface area (Å²) in [5.74, 6) is -0.443. The zero-order chi connectivity index (χ0) is 25.2. The number of nitrogens with zero attached hydrogens (tertiary/aromatic N) is 4. The Balaban J connectivity index is 1.55. The summed E-state index contributed by atoms with van der Waals surface area (Å²) in [4.78, 5) is 29.0. The Labute approximate surface area is 195 Å². The lowest BCUT2D eigenvalue weighted by atomic mass is 10.2. The summed E-state index contributed by atoms with van der Waals surface area (Å²) in [7, 11) is 1.49. The van der Waals surface area contributed by atoms with Crippen LogP contribution in [0.15, 0.2) is 63.9 Å². The van der Waals surface area contributed by atoms with Crippen molar-refractivity contribution in [1.82, 2.24) is 19.9 Å². The Bertz CT molecular complexity index is 1450. The van der Waals surface area contributed by atoms with Crippen molar-refractivity contribution in [2.75, 3.05) is 7.11 Å². The van der Waals surface area contributed by atoms with Crippen LogP contribution in [-0.4, -0.2) is 33.0 Å². The number of methoxy groups -OCH3 is 1. The molecule has 0 saturated carbocycles. The fourth-order valence-electron chi connectivity index (χ4n) is 3.21. The van der Waals surface area contributed by atoms with Gasteiger partial charge in [0.2, 0.25) is 16.9 Å². The summed E-state index contributed by atoms with van der Waals surface area (Å²) in [6, 6.07) is 12.4. The molecule has 0 amide bonds. The number of esters is 1. The highest BCUT2D eigenvalue weighted by Gasteiger charge is 2.30. The van der Waals surface area contributed by atoms with Crippen LogP contribution in [0, 0.1) is 6.92 Å². The highest BCUT2D eigenvalue weighted by atomic mass is 19.4. The molecule has 4 aromatic rings. The van der Waals surface area contributed by atoms with Crippen LogP contribution < -0.4 is 10.2 Å². The van der Waals surface area contributed by atoms with Crippen LogP contribution in [0.1, 0.15) is 27.6 Å². The Morgan fingerprint density at radius 3 is 2.63 bits per heavy atom. The molecule has 0 N–H and O–H groups in total. The predicted molar refractivity (Wildman–Crippen MR) is 115 cm³/mol. The fourth-order valence-corrected chi connectivity index (χ4v) is 3.21. The summed E-state index contributed by atoms with van der Waals surface area (Å²) in [6.45, 7) is 1.02. The largest absolute Gasteiger partial charge is 0.496 e. The van der Waals surface area contributed by atoms with E-state index < -0.39 is 35.4 Å². The first-order valence-electron chi connectivity index (χ1n) is 10.1. The van der Waals surface area contributed by atoms with Gasteiger partial charge >= 0.3 is 12.1 Å². The van der Waals surface area contributed by atoms with Gasteiger partial charge in [-0.2, -0.15) is 23.3 Å². The number of rotatable bonds is 6. The van der Waals surface area contributed by atoms with E-state index in [1.54, 1.807) is 24.3 Å². The maximum atomic E-state index is 13.1. The van der Waals surface area contributed by atoms with Gasteiger partial charge < -0.3 is 14.0 Å². The number of halogens is 3. The Morgan fingerprint density at radius 2 is 1.89 bits per heavy atom. The standard InChI is InChI=1S/C23H17F3N4O5/c1-13-10-17(31)20(28-30(13)15-7-5-6-14(11-15)23(24,25)26)22(32)34-12-19-27-21(29-35-19)16-8-3-4-9-18(16)33-2/h3-11H,12H2,1-2H3. The quantitative estimate of drug-likeness (QED) is 0.377. The average molecular weight is 486 g/mol. The van der Waals surface area contributed by atoms with Crippen molar-refractivity contribution in [2.45, 2.75) is 19.7 Å². The van der Waals surface area contributed by atoms with Gasteiger partial charge in [0.15, 0.2) is 6.61 Å². The molecular weight excluding hydrogens is 469 g/mol. The summed E-state index contributed by atoms with van der Waals surface area (Å²) >= 11 is 0. The van der Waals surface area contributed by atoms with E-state index in [0.717, 1.165) is 22.9 Å². The normalized spacial score (nSPS) is 11.3. The molecule has 9 nitrogen and oxygen atoms in total. The molecule has 0 fully saturated rings. The number of carbonyl (C=O) groups is 1. The molecule has 2 aromatic carbocycles. The lowest BCUT2D eigenvalue weighted by Gasteiger charge is -2.13. The van der Waals surface area contributed by atoms with Gasteiger partial charge in [0.25, 0.3) is 5.89 Å². The molecule has 0 saturated heterocycles. The molecule has 0 radical (unpaired) electrons. The van der Waals surface area contributed by atoms with Gasteiger partial charge in [-0.25, -0.2) is 9.48 Å². The number of ether oxygens (including phenoxy) is 2. The van der Waals surface area contributed by atoms with Crippen molar-refractivity contribution in [3.8, 4) is 22.8 Å². The van der Waals surface area contributed by atoms with E-state index in [9.17, 15) is 22.8 Å². The zero-order valence-corrected chi connectivity index (χ0v) is 18.4. The molecule has 0 aliphatic rings. The van der Waals surface area contributed by atoms with Gasteiger partial charge in [-0.1, -0.05) is 23.4 Å². The minimum Gasteiger partial charge on any atom is -0.496 e. The molecular formula is C23H17F3N4O5. The third-order valence-corrected chi connectivity index (χ3v) is 4.86. The Hall–Kier alpha value is -4.48. The molecule has 12 heteroatoms. The lowest BCUT2D eigenvalue weighted by Crippen LogP contribution is -2.24. The fraction of sp³-hybridized carbons (Fsp3) is 0.174. The van der Waals surface area contributed by atoms with Gasteiger partial charge in [-0.05, 0) is 37.3 Å². The number of alkyl halides is 3. The molecule has 4 rings (SSSR count). The molecule has 0 aliphatic carbocycles. The third kappa shape index (κ3) is 5.05. The molecule has 2 aromatic heterocycles. The Kier molecular flexibility index (Phi) is 6.36. The molecule has 180 valence electrons. The summed E-state index contributed by atoms with van der Waals surface area (Å²) in [6.07, 6.45) is -4.57. The summed E-state index contributed by atoms with van der Waals surface area (Å²) < 4.78 is 55.7. The molecule has 0 spiro atoms. The monoisotopic (exact) mass is 486 g/mol. The first-order valence-corrected chi connectivity index (χ1v) is 10.1. The molecule has 35 heavy (non-hydrogen) atoms. The van der Waals surface area contributed by atoms with E-state index >= 15 is 0 Å². The number of para-hydroxylation sites is 1. The average Bonchev–Trinajstić information content (AvgIpc) is 3.31. The van der Waals surface area contributed by atoms with Crippen molar-refractivity contribution in [3.05, 3.63) is 87.7 Å². The van der Waals surface area contributed by atoms with Gasteiger partial charge in [0.05, 0.1) is 23.9 Å². The molecule has 0 bridgehead atoms. The number of hydrogen-bond acceptors (Lipinski definition) is 8. The van der Waals surface area contributed by atoms with Gasteiger partial charge in [-0.3, -0.25) is 4.79 Å².